The summed E-state index contributed by atoms with van der Waals surface area (Å²) in [6.07, 6.45) is 6.80. The highest BCUT2D eigenvalue weighted by atomic mass is 16.3. The summed E-state index contributed by atoms with van der Waals surface area (Å²) in [6.45, 7) is 1.69. The van der Waals surface area contributed by atoms with Crippen LogP contribution in [0.3, 0.4) is 0 Å². The van der Waals surface area contributed by atoms with Crippen molar-refractivity contribution in [2.24, 2.45) is 7.05 Å². The number of benzene rings is 1. The van der Waals surface area contributed by atoms with E-state index in [9.17, 15) is 9.90 Å². The highest BCUT2D eigenvalue weighted by Crippen LogP contribution is 2.19. The van der Waals surface area contributed by atoms with Crippen molar-refractivity contribution >= 4 is 11.7 Å². The molecule has 0 aliphatic heterocycles. The second kappa shape index (κ2) is 6.78. The van der Waals surface area contributed by atoms with Gasteiger partial charge in [0, 0.05) is 36.9 Å². The molecule has 2 heterocycles. The maximum Gasteiger partial charge on any atom is 0.319 e. The summed E-state index contributed by atoms with van der Waals surface area (Å²) in [5.41, 5.74) is 0.898. The van der Waals surface area contributed by atoms with Crippen LogP contribution >= 0.6 is 0 Å². The number of hydrogen-bond donors (Lipinski definition) is 3. The Balaban J connectivity index is 1.60. The van der Waals surface area contributed by atoms with Crippen molar-refractivity contribution in [2.75, 3.05) is 11.9 Å². The van der Waals surface area contributed by atoms with Gasteiger partial charge in [0.2, 0.25) is 0 Å². The molecule has 8 heteroatoms. The van der Waals surface area contributed by atoms with Crippen LogP contribution in [0.4, 0.5) is 10.5 Å². The first-order chi connectivity index (χ1) is 11.9. The van der Waals surface area contributed by atoms with E-state index in [0.29, 0.717) is 11.3 Å². The van der Waals surface area contributed by atoms with Crippen molar-refractivity contribution < 1.29 is 9.90 Å². The molecule has 0 aliphatic rings. The summed E-state index contributed by atoms with van der Waals surface area (Å²) in [5.74, 6) is 0. The molecule has 1 atom stereocenters. The lowest BCUT2D eigenvalue weighted by atomic mass is 10.00. The van der Waals surface area contributed by atoms with E-state index in [1.54, 1.807) is 48.0 Å². The standard InChI is InChI=1S/C17H20N6O2/c1-17(25,13-10-20-22(2)11-13)12-18-16(24)21-14-5-3-6-15(9-14)23-8-4-7-19-23/h3-11,25H,12H2,1-2H3,(H2,18,21,24). The van der Waals surface area contributed by atoms with Gasteiger partial charge in [0.25, 0.3) is 0 Å². The van der Waals surface area contributed by atoms with Crippen LogP contribution in [0, 0.1) is 0 Å². The van der Waals surface area contributed by atoms with Gasteiger partial charge in [-0.2, -0.15) is 10.2 Å². The Hall–Kier alpha value is -3.13. The third kappa shape index (κ3) is 4.04. The molecule has 3 aromatic rings. The Kier molecular flexibility index (Phi) is 4.53. The molecule has 1 aromatic carbocycles. The molecule has 3 N–H and O–H groups in total. The van der Waals surface area contributed by atoms with Gasteiger partial charge in [-0.3, -0.25) is 4.68 Å². The number of amides is 2. The summed E-state index contributed by atoms with van der Waals surface area (Å²) in [7, 11) is 1.77. The fourth-order valence-electron chi connectivity index (χ4n) is 2.38. The Morgan fingerprint density at radius 1 is 1.32 bits per heavy atom. The van der Waals surface area contributed by atoms with Crippen LogP contribution in [0.15, 0.2) is 55.1 Å². The van der Waals surface area contributed by atoms with Gasteiger partial charge >= 0.3 is 6.03 Å². The molecular weight excluding hydrogens is 320 g/mol. The van der Waals surface area contributed by atoms with Crippen LogP contribution < -0.4 is 10.6 Å². The van der Waals surface area contributed by atoms with Crippen molar-refractivity contribution in [3.8, 4) is 5.69 Å². The van der Waals surface area contributed by atoms with Crippen molar-refractivity contribution in [3.63, 3.8) is 0 Å². The molecule has 0 fully saturated rings. The lowest BCUT2D eigenvalue weighted by molar-refractivity contribution is 0.0599. The summed E-state index contributed by atoms with van der Waals surface area (Å²) < 4.78 is 3.31. The van der Waals surface area contributed by atoms with Gasteiger partial charge in [0.05, 0.1) is 18.4 Å². The number of nitrogens with one attached hydrogen (secondary N) is 2. The normalized spacial score (nSPS) is 13.2. The van der Waals surface area contributed by atoms with Gasteiger partial charge in [0.15, 0.2) is 0 Å². The Labute approximate surface area is 145 Å². The lowest BCUT2D eigenvalue weighted by Gasteiger charge is -2.22. The SMILES string of the molecule is Cn1cc(C(C)(O)CNC(=O)Nc2cccc(-n3cccn3)c2)cn1. The molecule has 8 nitrogen and oxygen atoms in total. The van der Waals surface area contributed by atoms with E-state index in [4.69, 9.17) is 0 Å². The van der Waals surface area contributed by atoms with Crippen LogP contribution in [0.1, 0.15) is 12.5 Å². The summed E-state index contributed by atoms with van der Waals surface area (Å²) in [6, 6.07) is 8.74. The molecule has 0 aliphatic carbocycles. The van der Waals surface area contributed by atoms with Crippen molar-refractivity contribution in [1.82, 2.24) is 24.9 Å². The largest absolute Gasteiger partial charge is 0.383 e. The van der Waals surface area contributed by atoms with E-state index >= 15 is 0 Å². The predicted molar refractivity (Wildman–Crippen MR) is 93.4 cm³/mol. The van der Waals surface area contributed by atoms with Gasteiger partial charge in [-0.15, -0.1) is 0 Å². The fourth-order valence-corrected chi connectivity index (χ4v) is 2.38. The third-order valence-electron chi connectivity index (χ3n) is 3.79. The van der Waals surface area contributed by atoms with Crippen molar-refractivity contribution in [1.29, 1.82) is 0 Å². The predicted octanol–water partition coefficient (Wildman–Crippen LogP) is 1.63. The highest BCUT2D eigenvalue weighted by molar-refractivity contribution is 5.89. The topological polar surface area (TPSA) is 97.0 Å². The molecule has 2 amide bonds. The first-order valence-corrected chi connectivity index (χ1v) is 7.80. The molecule has 3 rings (SSSR count). The van der Waals surface area contributed by atoms with E-state index in [-0.39, 0.29) is 6.54 Å². The summed E-state index contributed by atoms with van der Waals surface area (Å²) >= 11 is 0. The monoisotopic (exact) mass is 340 g/mol. The first-order valence-electron chi connectivity index (χ1n) is 7.80. The number of nitrogens with zero attached hydrogens (tertiary/aromatic N) is 4. The van der Waals surface area contributed by atoms with Crippen molar-refractivity contribution in [2.45, 2.75) is 12.5 Å². The molecule has 1 unspecified atom stereocenters. The van der Waals surface area contributed by atoms with Gasteiger partial charge in [-0.1, -0.05) is 6.07 Å². The zero-order valence-corrected chi connectivity index (χ0v) is 14.0. The maximum absolute atomic E-state index is 12.1. The minimum Gasteiger partial charge on any atom is -0.383 e. The Bertz CT molecular complexity index is 854. The number of hydrogen-bond acceptors (Lipinski definition) is 4. The molecule has 0 bridgehead atoms. The van der Waals surface area contributed by atoms with E-state index < -0.39 is 11.6 Å². The lowest BCUT2D eigenvalue weighted by Crippen LogP contribution is -2.40. The van der Waals surface area contributed by atoms with Gasteiger partial charge in [-0.25, -0.2) is 9.48 Å². The molecule has 130 valence electrons. The average molecular weight is 340 g/mol. The number of carbonyl (C=O) groups is 1. The second-order valence-corrected chi connectivity index (χ2v) is 5.99. The minimum absolute atomic E-state index is 0.0589. The number of aryl methyl sites for hydroxylation is 1. The first kappa shape index (κ1) is 16.7. The summed E-state index contributed by atoms with van der Waals surface area (Å²) in [5, 5.41) is 24.1. The third-order valence-corrected chi connectivity index (χ3v) is 3.79. The number of rotatable bonds is 5. The minimum atomic E-state index is -1.21. The zero-order valence-electron chi connectivity index (χ0n) is 14.0. The molecule has 2 aromatic heterocycles. The van der Waals surface area contributed by atoms with Crippen LogP contribution in [0.25, 0.3) is 5.69 Å². The van der Waals surface area contributed by atoms with Crippen LogP contribution in [-0.2, 0) is 12.6 Å². The zero-order chi connectivity index (χ0) is 17.9. The quantitative estimate of drug-likeness (QED) is 0.658. The number of urea groups is 1. The van der Waals surface area contributed by atoms with E-state index in [0.717, 1.165) is 5.69 Å². The van der Waals surface area contributed by atoms with Gasteiger partial charge in [0.1, 0.15) is 5.60 Å². The number of carbonyl (C=O) groups excluding carboxylic acids is 1. The number of anilines is 1. The Morgan fingerprint density at radius 3 is 2.84 bits per heavy atom. The Morgan fingerprint density at radius 2 is 2.16 bits per heavy atom. The fraction of sp³-hybridized carbons (Fsp3) is 0.235. The molecular formula is C17H20N6O2. The van der Waals surface area contributed by atoms with Gasteiger partial charge in [-0.05, 0) is 31.2 Å². The van der Waals surface area contributed by atoms with E-state index in [2.05, 4.69) is 20.8 Å². The number of aliphatic hydroxyl groups is 1. The number of aromatic nitrogens is 4. The average Bonchev–Trinajstić information content (AvgIpc) is 3.25. The van der Waals surface area contributed by atoms with Crippen LogP contribution in [0.2, 0.25) is 0 Å². The summed E-state index contributed by atoms with van der Waals surface area (Å²) in [4.78, 5) is 12.1. The van der Waals surface area contributed by atoms with Crippen LogP contribution in [-0.4, -0.2) is 37.2 Å². The van der Waals surface area contributed by atoms with Crippen molar-refractivity contribution in [3.05, 3.63) is 60.7 Å². The van der Waals surface area contributed by atoms with E-state index in [1.807, 2.05) is 30.5 Å². The smallest absolute Gasteiger partial charge is 0.319 e. The molecule has 0 saturated heterocycles. The van der Waals surface area contributed by atoms with Crippen LogP contribution in [0.5, 0.6) is 0 Å². The molecule has 0 saturated carbocycles. The molecule has 0 radical (unpaired) electrons. The molecule has 0 spiro atoms. The second-order valence-electron chi connectivity index (χ2n) is 5.99. The van der Waals surface area contributed by atoms with Gasteiger partial charge < -0.3 is 15.7 Å². The maximum atomic E-state index is 12.1. The van der Waals surface area contributed by atoms with E-state index in [1.165, 1.54) is 0 Å². The highest BCUT2D eigenvalue weighted by Gasteiger charge is 2.25. The molecule has 25 heavy (non-hydrogen) atoms.